The van der Waals surface area contributed by atoms with Crippen LogP contribution in [0.4, 0.5) is 0 Å². The molecule has 1 aromatic carbocycles. The Labute approximate surface area is 115 Å². The predicted octanol–water partition coefficient (Wildman–Crippen LogP) is 3.14. The van der Waals surface area contributed by atoms with Crippen LogP contribution < -0.4 is 0 Å². The first-order valence-electron chi connectivity index (χ1n) is 6.62. The molecule has 0 unspecified atom stereocenters. The second kappa shape index (κ2) is 9.48. The van der Waals surface area contributed by atoms with E-state index in [1.165, 1.54) is 0 Å². The van der Waals surface area contributed by atoms with Gasteiger partial charge in [-0.05, 0) is 18.1 Å². The van der Waals surface area contributed by atoms with Gasteiger partial charge in [0.05, 0.1) is 0 Å². The number of hydrogen-bond acceptors (Lipinski definition) is 3. The average Bonchev–Trinajstić information content (AvgIpc) is 2.44. The smallest absolute Gasteiger partial charge is 0.184 e. The van der Waals surface area contributed by atoms with Crippen LogP contribution in [-0.2, 0) is 20.7 Å². The number of unbranched alkanes of at least 4 members (excludes halogenated alkanes) is 1. The highest BCUT2D eigenvalue weighted by atomic mass is 16.7. The van der Waals surface area contributed by atoms with E-state index >= 15 is 0 Å². The van der Waals surface area contributed by atoms with Crippen LogP contribution in [0.25, 0.3) is 0 Å². The van der Waals surface area contributed by atoms with E-state index in [9.17, 15) is 4.79 Å². The highest BCUT2D eigenvalue weighted by Gasteiger charge is 2.17. The van der Waals surface area contributed by atoms with Gasteiger partial charge in [-0.3, -0.25) is 4.79 Å². The van der Waals surface area contributed by atoms with E-state index in [1.807, 2.05) is 36.4 Å². The highest BCUT2D eigenvalue weighted by Crippen LogP contribution is 2.08. The SMILES string of the molecule is CCC/C=C/C(=O)[C@H](Cc1ccccc1)OCOC. The number of allylic oxidation sites excluding steroid dienone is 1. The second-order valence-electron chi connectivity index (χ2n) is 4.34. The van der Waals surface area contributed by atoms with Crippen LogP contribution in [0.2, 0.25) is 0 Å². The number of carbonyl (C=O) groups excluding carboxylic acids is 1. The lowest BCUT2D eigenvalue weighted by Gasteiger charge is -2.14. The first kappa shape index (κ1) is 15.6. The summed E-state index contributed by atoms with van der Waals surface area (Å²) < 4.78 is 10.4. The lowest BCUT2D eigenvalue weighted by Crippen LogP contribution is -2.26. The van der Waals surface area contributed by atoms with Gasteiger partial charge in [-0.25, -0.2) is 0 Å². The molecule has 0 aliphatic rings. The monoisotopic (exact) mass is 262 g/mol. The van der Waals surface area contributed by atoms with E-state index in [2.05, 4.69) is 6.92 Å². The molecule has 104 valence electrons. The first-order valence-corrected chi connectivity index (χ1v) is 6.62. The van der Waals surface area contributed by atoms with E-state index in [0.29, 0.717) is 6.42 Å². The Morgan fingerprint density at radius 2 is 2.05 bits per heavy atom. The summed E-state index contributed by atoms with van der Waals surface area (Å²) in [7, 11) is 1.55. The molecular formula is C16H22O3. The summed E-state index contributed by atoms with van der Waals surface area (Å²) in [6.07, 6.45) is 5.55. The molecule has 1 rings (SSSR count). The number of ether oxygens (including phenoxy) is 2. The van der Waals surface area contributed by atoms with Gasteiger partial charge in [-0.2, -0.15) is 0 Å². The first-order chi connectivity index (χ1) is 9.27. The molecule has 0 spiro atoms. The minimum atomic E-state index is -0.476. The quantitative estimate of drug-likeness (QED) is 0.506. The zero-order chi connectivity index (χ0) is 13.9. The van der Waals surface area contributed by atoms with Gasteiger partial charge in [-0.1, -0.05) is 49.8 Å². The maximum atomic E-state index is 12.1. The van der Waals surface area contributed by atoms with Crippen molar-refractivity contribution in [1.82, 2.24) is 0 Å². The normalized spacial score (nSPS) is 12.7. The van der Waals surface area contributed by atoms with Crippen LogP contribution in [0.15, 0.2) is 42.5 Å². The molecule has 0 saturated heterocycles. The molecule has 0 heterocycles. The van der Waals surface area contributed by atoms with Gasteiger partial charge in [0.2, 0.25) is 0 Å². The van der Waals surface area contributed by atoms with Crippen LogP contribution in [0.3, 0.4) is 0 Å². The third-order valence-corrected chi connectivity index (χ3v) is 2.71. The zero-order valence-electron chi connectivity index (χ0n) is 11.7. The van der Waals surface area contributed by atoms with Gasteiger partial charge < -0.3 is 9.47 Å². The maximum absolute atomic E-state index is 12.1. The molecule has 1 atom stereocenters. The molecule has 0 aliphatic carbocycles. The lowest BCUT2D eigenvalue weighted by molar-refractivity contribution is -0.134. The molecule has 0 aromatic heterocycles. The van der Waals surface area contributed by atoms with Crippen LogP contribution in [0.1, 0.15) is 25.3 Å². The molecule has 0 aliphatic heterocycles. The van der Waals surface area contributed by atoms with Gasteiger partial charge in [-0.15, -0.1) is 0 Å². The summed E-state index contributed by atoms with van der Waals surface area (Å²) in [5.74, 6) is -0.00523. The topological polar surface area (TPSA) is 35.5 Å². The molecule has 0 amide bonds. The van der Waals surface area contributed by atoms with E-state index < -0.39 is 6.10 Å². The third kappa shape index (κ3) is 6.32. The van der Waals surface area contributed by atoms with Gasteiger partial charge in [0.25, 0.3) is 0 Å². The maximum Gasteiger partial charge on any atom is 0.184 e. The molecule has 1 aromatic rings. The summed E-state index contributed by atoms with van der Waals surface area (Å²) in [6, 6.07) is 9.86. The molecule has 0 bridgehead atoms. The largest absolute Gasteiger partial charge is 0.359 e. The Morgan fingerprint density at radius 3 is 2.68 bits per heavy atom. The number of methoxy groups -OCH3 is 1. The van der Waals surface area contributed by atoms with Crippen molar-refractivity contribution in [3.05, 3.63) is 48.0 Å². The molecular weight excluding hydrogens is 240 g/mol. The van der Waals surface area contributed by atoms with Crippen molar-refractivity contribution >= 4 is 5.78 Å². The molecule has 0 N–H and O–H groups in total. The Morgan fingerprint density at radius 1 is 1.32 bits per heavy atom. The fourth-order valence-electron chi connectivity index (χ4n) is 1.69. The van der Waals surface area contributed by atoms with Crippen LogP contribution in [0, 0.1) is 0 Å². The molecule has 0 fully saturated rings. The van der Waals surface area contributed by atoms with Gasteiger partial charge in [0.15, 0.2) is 5.78 Å². The van der Waals surface area contributed by atoms with E-state index in [4.69, 9.17) is 9.47 Å². The molecule has 0 saturated carbocycles. The van der Waals surface area contributed by atoms with Crippen molar-refractivity contribution < 1.29 is 14.3 Å². The Kier molecular flexibility index (Phi) is 7.78. The van der Waals surface area contributed by atoms with Crippen molar-refractivity contribution in [1.29, 1.82) is 0 Å². The number of ketones is 1. The van der Waals surface area contributed by atoms with Crippen LogP contribution in [0.5, 0.6) is 0 Å². The highest BCUT2D eigenvalue weighted by molar-refractivity contribution is 5.93. The molecule has 3 heteroatoms. The van der Waals surface area contributed by atoms with Crippen molar-refractivity contribution in [3.63, 3.8) is 0 Å². The minimum absolute atomic E-state index is 0.00523. The minimum Gasteiger partial charge on any atom is -0.359 e. The standard InChI is InChI=1S/C16H22O3/c1-3-4-6-11-15(17)16(19-13-18-2)12-14-9-7-5-8-10-14/h5-11,16H,3-4,12-13H2,1-2H3/b11-6+/t16-/m0/s1. The Hall–Kier alpha value is -1.45. The predicted molar refractivity (Wildman–Crippen MR) is 76.0 cm³/mol. The Balaban J connectivity index is 2.63. The van der Waals surface area contributed by atoms with Gasteiger partial charge in [0, 0.05) is 13.5 Å². The fourth-order valence-corrected chi connectivity index (χ4v) is 1.69. The third-order valence-electron chi connectivity index (χ3n) is 2.71. The molecule has 19 heavy (non-hydrogen) atoms. The van der Waals surface area contributed by atoms with Crippen molar-refractivity contribution in [2.24, 2.45) is 0 Å². The van der Waals surface area contributed by atoms with E-state index in [1.54, 1.807) is 13.2 Å². The summed E-state index contributed by atoms with van der Waals surface area (Å²) >= 11 is 0. The molecule has 3 nitrogen and oxygen atoms in total. The van der Waals surface area contributed by atoms with E-state index in [0.717, 1.165) is 18.4 Å². The Bertz CT molecular complexity index is 384. The van der Waals surface area contributed by atoms with Gasteiger partial charge >= 0.3 is 0 Å². The van der Waals surface area contributed by atoms with Crippen LogP contribution >= 0.6 is 0 Å². The summed E-state index contributed by atoms with van der Waals surface area (Å²) in [5, 5.41) is 0. The number of benzene rings is 1. The lowest BCUT2D eigenvalue weighted by atomic mass is 10.0. The number of rotatable bonds is 9. The van der Waals surface area contributed by atoms with Crippen LogP contribution in [-0.4, -0.2) is 25.8 Å². The molecule has 0 radical (unpaired) electrons. The number of hydrogen-bond donors (Lipinski definition) is 0. The fraction of sp³-hybridized carbons (Fsp3) is 0.438. The average molecular weight is 262 g/mol. The van der Waals surface area contributed by atoms with Crippen molar-refractivity contribution in [3.8, 4) is 0 Å². The zero-order valence-corrected chi connectivity index (χ0v) is 11.7. The van der Waals surface area contributed by atoms with Crippen molar-refractivity contribution in [2.45, 2.75) is 32.3 Å². The number of carbonyl (C=O) groups is 1. The van der Waals surface area contributed by atoms with Crippen molar-refractivity contribution in [2.75, 3.05) is 13.9 Å². The summed E-state index contributed by atoms with van der Waals surface area (Å²) in [6.45, 7) is 2.21. The second-order valence-corrected chi connectivity index (χ2v) is 4.34. The van der Waals surface area contributed by atoms with E-state index in [-0.39, 0.29) is 12.6 Å². The summed E-state index contributed by atoms with van der Waals surface area (Å²) in [4.78, 5) is 12.1. The van der Waals surface area contributed by atoms with Gasteiger partial charge in [0.1, 0.15) is 12.9 Å². The summed E-state index contributed by atoms with van der Waals surface area (Å²) in [5.41, 5.74) is 1.08.